The van der Waals surface area contributed by atoms with E-state index in [4.69, 9.17) is 4.74 Å². The normalized spacial score (nSPS) is 10.4. The molecule has 3 aromatic carbocycles. The lowest BCUT2D eigenvalue weighted by molar-refractivity contribution is -0.120. The number of aryl methyl sites for hydroxylation is 1. The van der Waals surface area contributed by atoms with Gasteiger partial charge in [0.25, 0.3) is 11.8 Å². The summed E-state index contributed by atoms with van der Waals surface area (Å²) in [7, 11) is 1.59. The van der Waals surface area contributed by atoms with Crippen molar-refractivity contribution in [3.63, 3.8) is 0 Å². The van der Waals surface area contributed by atoms with E-state index >= 15 is 0 Å². The van der Waals surface area contributed by atoms with E-state index in [0.717, 1.165) is 28.3 Å². The Kier molecular flexibility index (Phi) is 6.88. The van der Waals surface area contributed by atoms with Crippen molar-refractivity contribution in [3.05, 3.63) is 96.2 Å². The number of hydrazine groups is 1. The summed E-state index contributed by atoms with van der Waals surface area (Å²) in [6.45, 7) is 1.97. The first-order valence-corrected chi connectivity index (χ1v) is 10.7. The Morgan fingerprint density at radius 1 is 0.941 bits per heavy atom. The van der Waals surface area contributed by atoms with E-state index in [1.54, 1.807) is 42.3 Å². The molecule has 0 saturated heterocycles. The number of amides is 2. The molecule has 0 radical (unpaired) electrons. The zero-order chi connectivity index (χ0) is 23.9. The molecule has 0 aliphatic heterocycles. The maximum Gasteiger partial charge on any atom is 0.273 e. The molecule has 1 heterocycles. The van der Waals surface area contributed by atoms with Gasteiger partial charge in [-0.05, 0) is 49.4 Å². The van der Waals surface area contributed by atoms with Crippen LogP contribution in [-0.2, 0) is 4.79 Å². The quantitative estimate of drug-likeness (QED) is 0.369. The van der Waals surface area contributed by atoms with Crippen LogP contribution < -0.4 is 20.9 Å². The molecule has 0 saturated carbocycles. The predicted molar refractivity (Wildman–Crippen MR) is 131 cm³/mol. The predicted octanol–water partition coefficient (Wildman–Crippen LogP) is 3.73. The molecule has 0 fully saturated rings. The van der Waals surface area contributed by atoms with Gasteiger partial charge in [0.05, 0.1) is 24.9 Å². The van der Waals surface area contributed by atoms with Crippen LogP contribution in [0.25, 0.3) is 16.9 Å². The zero-order valence-corrected chi connectivity index (χ0v) is 18.9. The SMILES string of the molecule is COc1ccc(NCC(=O)NNC(=O)c2cn(-c3ccccc3)nc2-c2cccc(C)c2)cc1. The standard InChI is InChI=1S/C26H25N5O3/c1-18-7-6-8-19(15-18)25-23(17-31(30-25)21-9-4-3-5-10-21)26(33)29-28-24(32)16-27-20-11-13-22(34-2)14-12-20/h3-15,17,27H,16H2,1-2H3,(H,28,32)(H,29,33). The highest BCUT2D eigenvalue weighted by Crippen LogP contribution is 2.24. The minimum Gasteiger partial charge on any atom is -0.497 e. The van der Waals surface area contributed by atoms with Crippen molar-refractivity contribution in [2.75, 3.05) is 19.0 Å². The van der Waals surface area contributed by atoms with Gasteiger partial charge >= 0.3 is 0 Å². The smallest absolute Gasteiger partial charge is 0.273 e. The molecular weight excluding hydrogens is 430 g/mol. The number of benzene rings is 3. The Morgan fingerprint density at radius 2 is 1.71 bits per heavy atom. The van der Waals surface area contributed by atoms with Gasteiger partial charge in [0.2, 0.25) is 0 Å². The van der Waals surface area contributed by atoms with Gasteiger partial charge in [0.1, 0.15) is 11.4 Å². The largest absolute Gasteiger partial charge is 0.497 e. The Morgan fingerprint density at radius 3 is 2.41 bits per heavy atom. The molecule has 8 nitrogen and oxygen atoms in total. The maximum absolute atomic E-state index is 13.0. The van der Waals surface area contributed by atoms with Gasteiger partial charge in [0, 0.05) is 17.4 Å². The van der Waals surface area contributed by atoms with E-state index in [1.807, 2.05) is 61.5 Å². The fourth-order valence-electron chi connectivity index (χ4n) is 3.39. The maximum atomic E-state index is 13.0. The summed E-state index contributed by atoms with van der Waals surface area (Å²) >= 11 is 0. The average molecular weight is 456 g/mol. The van der Waals surface area contributed by atoms with Crippen LogP contribution in [0.4, 0.5) is 5.69 Å². The van der Waals surface area contributed by atoms with E-state index in [9.17, 15) is 9.59 Å². The fraction of sp³-hybridized carbons (Fsp3) is 0.115. The summed E-state index contributed by atoms with van der Waals surface area (Å²) in [6.07, 6.45) is 1.66. The molecule has 3 N–H and O–H groups in total. The highest BCUT2D eigenvalue weighted by Gasteiger charge is 2.19. The van der Waals surface area contributed by atoms with Gasteiger partial charge in [-0.15, -0.1) is 0 Å². The van der Waals surface area contributed by atoms with Gasteiger partial charge in [-0.2, -0.15) is 5.10 Å². The molecule has 4 aromatic rings. The van der Waals surface area contributed by atoms with Crippen molar-refractivity contribution in [3.8, 4) is 22.7 Å². The number of anilines is 1. The van der Waals surface area contributed by atoms with Crippen LogP contribution in [0, 0.1) is 6.92 Å². The molecule has 0 bridgehead atoms. The van der Waals surface area contributed by atoms with E-state index < -0.39 is 11.8 Å². The molecule has 8 heteroatoms. The van der Waals surface area contributed by atoms with Crippen LogP contribution in [0.3, 0.4) is 0 Å². The van der Waals surface area contributed by atoms with Gasteiger partial charge in [-0.25, -0.2) is 4.68 Å². The summed E-state index contributed by atoms with van der Waals surface area (Å²) in [6, 6.07) is 24.5. The molecule has 0 unspecified atom stereocenters. The lowest BCUT2D eigenvalue weighted by Gasteiger charge is -2.10. The fourth-order valence-corrected chi connectivity index (χ4v) is 3.39. The molecule has 2 amide bonds. The van der Waals surface area contributed by atoms with Crippen molar-refractivity contribution < 1.29 is 14.3 Å². The molecule has 0 atom stereocenters. The Hall–Kier alpha value is -4.59. The third kappa shape index (κ3) is 5.42. The Balaban J connectivity index is 1.47. The third-order valence-electron chi connectivity index (χ3n) is 5.13. The highest BCUT2D eigenvalue weighted by atomic mass is 16.5. The van der Waals surface area contributed by atoms with Crippen LogP contribution in [0.15, 0.2) is 85.1 Å². The second-order valence-electron chi connectivity index (χ2n) is 7.63. The Bertz CT molecular complexity index is 1280. The Labute approximate surface area is 197 Å². The first-order valence-electron chi connectivity index (χ1n) is 10.7. The second-order valence-corrected chi connectivity index (χ2v) is 7.63. The number of methoxy groups -OCH3 is 1. The minimum absolute atomic E-state index is 0.0133. The van der Waals surface area contributed by atoms with Gasteiger partial charge in [-0.1, -0.05) is 42.0 Å². The number of hydrogen-bond acceptors (Lipinski definition) is 5. The number of nitrogens with zero attached hydrogens (tertiary/aromatic N) is 2. The zero-order valence-electron chi connectivity index (χ0n) is 18.9. The first-order chi connectivity index (χ1) is 16.5. The van der Waals surface area contributed by atoms with E-state index in [0.29, 0.717) is 11.3 Å². The highest BCUT2D eigenvalue weighted by molar-refractivity contribution is 6.00. The molecule has 4 rings (SSSR count). The number of aromatic nitrogens is 2. The first kappa shape index (κ1) is 22.6. The summed E-state index contributed by atoms with van der Waals surface area (Å²) in [5.41, 5.74) is 9.25. The molecule has 0 spiro atoms. The third-order valence-corrected chi connectivity index (χ3v) is 5.13. The van der Waals surface area contributed by atoms with Crippen LogP contribution in [0.2, 0.25) is 0 Å². The number of ether oxygens (including phenoxy) is 1. The minimum atomic E-state index is -0.462. The summed E-state index contributed by atoms with van der Waals surface area (Å²) in [5, 5.41) is 7.64. The molecule has 1 aromatic heterocycles. The van der Waals surface area contributed by atoms with Crippen LogP contribution in [-0.4, -0.2) is 35.2 Å². The van der Waals surface area contributed by atoms with Gasteiger partial charge in [-0.3, -0.25) is 20.4 Å². The van der Waals surface area contributed by atoms with Gasteiger partial charge in [0.15, 0.2) is 0 Å². The lowest BCUT2D eigenvalue weighted by atomic mass is 10.1. The van der Waals surface area contributed by atoms with Crippen molar-refractivity contribution >= 4 is 17.5 Å². The number of carbonyl (C=O) groups excluding carboxylic acids is 2. The van der Waals surface area contributed by atoms with Crippen LogP contribution in [0.1, 0.15) is 15.9 Å². The molecule has 34 heavy (non-hydrogen) atoms. The van der Waals surface area contributed by atoms with E-state index in [1.165, 1.54) is 0 Å². The topological polar surface area (TPSA) is 97.3 Å². The summed E-state index contributed by atoms with van der Waals surface area (Å²) in [4.78, 5) is 25.3. The second kappa shape index (κ2) is 10.4. The van der Waals surface area contributed by atoms with E-state index in [2.05, 4.69) is 21.3 Å². The number of nitrogens with one attached hydrogen (secondary N) is 3. The van der Waals surface area contributed by atoms with E-state index in [-0.39, 0.29) is 6.54 Å². The number of rotatable bonds is 7. The summed E-state index contributed by atoms with van der Waals surface area (Å²) < 4.78 is 6.77. The molecule has 172 valence electrons. The molecule has 0 aliphatic rings. The molecular formula is C26H25N5O3. The van der Waals surface area contributed by atoms with Crippen molar-refractivity contribution in [2.45, 2.75) is 6.92 Å². The number of hydrogen-bond donors (Lipinski definition) is 3. The van der Waals surface area contributed by atoms with Crippen molar-refractivity contribution in [1.82, 2.24) is 20.6 Å². The van der Waals surface area contributed by atoms with Gasteiger partial charge < -0.3 is 10.1 Å². The number of carbonyl (C=O) groups is 2. The summed E-state index contributed by atoms with van der Waals surface area (Å²) in [5.74, 6) is -0.129. The monoisotopic (exact) mass is 455 g/mol. The average Bonchev–Trinajstić information content (AvgIpc) is 3.33. The van der Waals surface area contributed by atoms with Crippen molar-refractivity contribution in [2.24, 2.45) is 0 Å². The number of para-hydroxylation sites is 1. The van der Waals surface area contributed by atoms with Crippen molar-refractivity contribution in [1.29, 1.82) is 0 Å². The van der Waals surface area contributed by atoms with Crippen LogP contribution in [0.5, 0.6) is 5.75 Å². The van der Waals surface area contributed by atoms with Crippen LogP contribution >= 0.6 is 0 Å². The molecule has 0 aliphatic carbocycles. The lowest BCUT2D eigenvalue weighted by Crippen LogP contribution is -2.44.